The van der Waals surface area contributed by atoms with Crippen LogP contribution in [0.25, 0.3) is 0 Å². The number of amides is 1. The Kier molecular flexibility index (Phi) is 5.46. The minimum Gasteiger partial charge on any atom is -0.480 e. The predicted octanol–water partition coefficient (Wildman–Crippen LogP) is 0.788. The standard InChI is InChI=1S/C15H19FN2O4/c1-10(15(20)21)17-14(19)13(18-5-7-22-8-6-18)11-3-2-4-12(16)9-11/h2-4,9-10,13H,5-8H2,1H3,(H,17,19)(H,20,21). The van der Waals surface area contributed by atoms with Crippen LogP contribution in [-0.2, 0) is 14.3 Å². The maximum absolute atomic E-state index is 13.5. The van der Waals surface area contributed by atoms with E-state index >= 15 is 0 Å². The second-order valence-electron chi connectivity index (χ2n) is 5.17. The Morgan fingerprint density at radius 3 is 2.64 bits per heavy atom. The number of rotatable bonds is 5. The molecule has 6 nitrogen and oxygen atoms in total. The van der Waals surface area contributed by atoms with Gasteiger partial charge in [0, 0.05) is 13.1 Å². The Bertz CT molecular complexity index is 546. The predicted molar refractivity (Wildman–Crippen MR) is 76.8 cm³/mol. The fourth-order valence-electron chi connectivity index (χ4n) is 2.39. The number of carbonyl (C=O) groups excluding carboxylic acids is 1. The van der Waals surface area contributed by atoms with E-state index in [-0.39, 0.29) is 0 Å². The molecule has 0 bridgehead atoms. The number of ether oxygens (including phenoxy) is 1. The molecule has 2 N–H and O–H groups in total. The first-order valence-corrected chi connectivity index (χ1v) is 7.09. The van der Waals surface area contributed by atoms with Gasteiger partial charge in [0.2, 0.25) is 5.91 Å². The van der Waals surface area contributed by atoms with Gasteiger partial charge in [0.15, 0.2) is 0 Å². The highest BCUT2D eigenvalue weighted by atomic mass is 19.1. The first-order valence-electron chi connectivity index (χ1n) is 7.09. The average Bonchev–Trinajstić information content (AvgIpc) is 2.48. The lowest BCUT2D eigenvalue weighted by atomic mass is 10.0. The molecule has 1 aromatic carbocycles. The van der Waals surface area contributed by atoms with Crippen LogP contribution in [0.15, 0.2) is 24.3 Å². The highest BCUT2D eigenvalue weighted by Gasteiger charge is 2.30. The van der Waals surface area contributed by atoms with Crippen LogP contribution in [0, 0.1) is 5.82 Å². The number of morpholine rings is 1. The number of carboxylic acids is 1. The summed E-state index contributed by atoms with van der Waals surface area (Å²) in [6.45, 7) is 3.40. The van der Waals surface area contributed by atoms with Crippen molar-refractivity contribution in [1.82, 2.24) is 10.2 Å². The maximum atomic E-state index is 13.5. The highest BCUT2D eigenvalue weighted by molar-refractivity contribution is 5.87. The fourth-order valence-corrected chi connectivity index (χ4v) is 2.39. The van der Waals surface area contributed by atoms with Crippen LogP contribution in [0.2, 0.25) is 0 Å². The molecular formula is C15H19FN2O4. The molecule has 0 saturated carbocycles. The van der Waals surface area contributed by atoms with Crippen LogP contribution < -0.4 is 5.32 Å². The number of nitrogens with one attached hydrogen (secondary N) is 1. The summed E-state index contributed by atoms with van der Waals surface area (Å²) < 4.78 is 18.7. The molecule has 0 aromatic heterocycles. The molecule has 120 valence electrons. The van der Waals surface area contributed by atoms with Crippen molar-refractivity contribution in [3.05, 3.63) is 35.6 Å². The molecule has 0 aliphatic carbocycles. The minimum atomic E-state index is -1.12. The zero-order valence-electron chi connectivity index (χ0n) is 12.3. The van der Waals surface area contributed by atoms with Gasteiger partial charge in [-0.05, 0) is 24.6 Å². The number of halogens is 1. The van der Waals surface area contributed by atoms with Crippen LogP contribution >= 0.6 is 0 Å². The monoisotopic (exact) mass is 310 g/mol. The van der Waals surface area contributed by atoms with E-state index in [1.165, 1.54) is 25.1 Å². The third-order valence-electron chi connectivity index (χ3n) is 3.55. The Labute approximate surface area is 127 Å². The molecule has 2 unspecified atom stereocenters. The molecular weight excluding hydrogens is 291 g/mol. The summed E-state index contributed by atoms with van der Waals surface area (Å²) in [6, 6.07) is 4.05. The Morgan fingerprint density at radius 2 is 2.05 bits per heavy atom. The van der Waals surface area contributed by atoms with Gasteiger partial charge in [0.1, 0.15) is 17.9 Å². The number of benzene rings is 1. The molecule has 2 atom stereocenters. The molecule has 1 fully saturated rings. The third-order valence-corrected chi connectivity index (χ3v) is 3.55. The number of hydrogen-bond acceptors (Lipinski definition) is 4. The first-order chi connectivity index (χ1) is 10.5. The van der Waals surface area contributed by atoms with E-state index < -0.39 is 29.8 Å². The number of nitrogens with zero attached hydrogens (tertiary/aromatic N) is 1. The molecule has 1 aliphatic rings. The fraction of sp³-hybridized carbons (Fsp3) is 0.467. The molecule has 1 aliphatic heterocycles. The molecule has 2 rings (SSSR count). The van der Waals surface area contributed by atoms with Gasteiger partial charge in [-0.2, -0.15) is 0 Å². The van der Waals surface area contributed by atoms with E-state index in [2.05, 4.69) is 5.32 Å². The molecule has 1 saturated heterocycles. The summed E-state index contributed by atoms with van der Waals surface area (Å²) in [5, 5.41) is 11.4. The zero-order chi connectivity index (χ0) is 16.1. The van der Waals surface area contributed by atoms with Crippen molar-refractivity contribution in [2.24, 2.45) is 0 Å². The zero-order valence-corrected chi connectivity index (χ0v) is 12.3. The lowest BCUT2D eigenvalue weighted by molar-refractivity contribution is -0.142. The average molecular weight is 310 g/mol. The molecule has 7 heteroatoms. The van der Waals surface area contributed by atoms with Gasteiger partial charge in [0.25, 0.3) is 0 Å². The van der Waals surface area contributed by atoms with E-state index in [0.717, 1.165) is 0 Å². The van der Waals surface area contributed by atoms with Crippen LogP contribution in [-0.4, -0.2) is 54.2 Å². The van der Waals surface area contributed by atoms with Crippen molar-refractivity contribution in [2.45, 2.75) is 19.0 Å². The lowest BCUT2D eigenvalue weighted by Gasteiger charge is -2.34. The van der Waals surface area contributed by atoms with Gasteiger partial charge in [-0.1, -0.05) is 12.1 Å². The van der Waals surface area contributed by atoms with Crippen LogP contribution in [0.4, 0.5) is 4.39 Å². The molecule has 0 radical (unpaired) electrons. The number of carboxylic acid groups (broad SMARTS) is 1. The molecule has 1 amide bonds. The van der Waals surface area contributed by atoms with Gasteiger partial charge in [0.05, 0.1) is 13.2 Å². The quantitative estimate of drug-likeness (QED) is 0.840. The SMILES string of the molecule is CC(NC(=O)C(c1cccc(F)c1)N1CCOCC1)C(=O)O. The van der Waals surface area contributed by atoms with Gasteiger partial charge in [-0.3, -0.25) is 14.5 Å². The second-order valence-corrected chi connectivity index (χ2v) is 5.17. The van der Waals surface area contributed by atoms with Crippen LogP contribution in [0.5, 0.6) is 0 Å². The van der Waals surface area contributed by atoms with Crippen molar-refractivity contribution in [3.63, 3.8) is 0 Å². The van der Waals surface area contributed by atoms with Crippen molar-refractivity contribution in [2.75, 3.05) is 26.3 Å². The smallest absolute Gasteiger partial charge is 0.325 e. The first kappa shape index (κ1) is 16.4. The number of carbonyl (C=O) groups is 2. The van der Waals surface area contributed by atoms with Gasteiger partial charge in [-0.15, -0.1) is 0 Å². The molecule has 1 aromatic rings. The van der Waals surface area contributed by atoms with Crippen molar-refractivity contribution in [1.29, 1.82) is 0 Å². The Hall–Kier alpha value is -1.99. The summed E-state index contributed by atoms with van der Waals surface area (Å²) in [4.78, 5) is 25.3. The largest absolute Gasteiger partial charge is 0.480 e. The van der Waals surface area contributed by atoms with Crippen LogP contribution in [0.1, 0.15) is 18.5 Å². The van der Waals surface area contributed by atoms with Gasteiger partial charge in [-0.25, -0.2) is 4.39 Å². The molecule has 1 heterocycles. The van der Waals surface area contributed by atoms with Crippen molar-refractivity contribution in [3.8, 4) is 0 Å². The van der Waals surface area contributed by atoms with E-state index in [4.69, 9.17) is 9.84 Å². The van der Waals surface area contributed by atoms with E-state index in [1.54, 1.807) is 6.07 Å². The summed E-state index contributed by atoms with van der Waals surface area (Å²) >= 11 is 0. The van der Waals surface area contributed by atoms with Gasteiger partial charge >= 0.3 is 5.97 Å². The minimum absolute atomic E-state index is 0.435. The van der Waals surface area contributed by atoms with E-state index in [1.807, 2.05) is 4.90 Å². The Balaban J connectivity index is 2.24. The van der Waals surface area contributed by atoms with Crippen molar-refractivity contribution < 1.29 is 23.8 Å². The van der Waals surface area contributed by atoms with Gasteiger partial charge < -0.3 is 15.2 Å². The summed E-state index contributed by atoms with van der Waals surface area (Å²) in [7, 11) is 0. The molecule has 22 heavy (non-hydrogen) atoms. The highest BCUT2D eigenvalue weighted by Crippen LogP contribution is 2.23. The molecule has 0 spiro atoms. The summed E-state index contributed by atoms with van der Waals surface area (Å²) in [5.74, 6) is -2.01. The second kappa shape index (κ2) is 7.33. The van der Waals surface area contributed by atoms with E-state index in [9.17, 15) is 14.0 Å². The Morgan fingerprint density at radius 1 is 1.36 bits per heavy atom. The summed E-state index contributed by atoms with van der Waals surface area (Å²) in [6.07, 6.45) is 0. The maximum Gasteiger partial charge on any atom is 0.325 e. The normalized spacial score (nSPS) is 18.5. The van der Waals surface area contributed by atoms with Crippen molar-refractivity contribution >= 4 is 11.9 Å². The third kappa shape index (κ3) is 4.02. The van der Waals surface area contributed by atoms with E-state index in [0.29, 0.717) is 31.9 Å². The topological polar surface area (TPSA) is 78.9 Å². The number of aliphatic carboxylic acids is 1. The number of hydrogen-bond donors (Lipinski definition) is 2. The van der Waals surface area contributed by atoms with Crippen LogP contribution in [0.3, 0.4) is 0 Å². The summed E-state index contributed by atoms with van der Waals surface area (Å²) in [5.41, 5.74) is 0.497. The lowest BCUT2D eigenvalue weighted by Crippen LogP contribution is -2.49.